The van der Waals surface area contributed by atoms with Crippen LogP contribution < -0.4 is 14.8 Å². The van der Waals surface area contributed by atoms with E-state index in [0.717, 1.165) is 32.5 Å². The average Bonchev–Trinajstić information content (AvgIpc) is 3.20. The number of rotatable bonds is 7. The first-order valence-corrected chi connectivity index (χ1v) is 10.4. The molecule has 30 heavy (non-hydrogen) atoms. The number of fused-ring (bicyclic) bond motifs is 1. The zero-order chi connectivity index (χ0) is 20.9. The number of carbonyl (C=O) groups excluding carboxylic acids is 1. The van der Waals surface area contributed by atoms with Gasteiger partial charge in [-0.05, 0) is 49.1 Å². The summed E-state index contributed by atoms with van der Waals surface area (Å²) in [5.74, 6) is 1.57. The fraction of sp³-hybridized carbons (Fsp3) is 0.375. The second-order valence-corrected chi connectivity index (χ2v) is 7.91. The van der Waals surface area contributed by atoms with Crippen LogP contribution in [0.25, 0.3) is 10.9 Å². The lowest BCUT2D eigenvalue weighted by Gasteiger charge is -2.32. The van der Waals surface area contributed by atoms with Gasteiger partial charge in [-0.25, -0.2) is 0 Å². The second-order valence-electron chi connectivity index (χ2n) is 7.91. The summed E-state index contributed by atoms with van der Waals surface area (Å²) in [5, 5.41) is 4.39. The van der Waals surface area contributed by atoms with Crippen LogP contribution in [-0.2, 0) is 6.54 Å². The van der Waals surface area contributed by atoms with Crippen molar-refractivity contribution in [3.63, 3.8) is 0 Å². The molecule has 1 aromatic heterocycles. The number of para-hydroxylation sites is 1. The number of aromatic amines is 1. The van der Waals surface area contributed by atoms with Gasteiger partial charge in [0.25, 0.3) is 5.91 Å². The second kappa shape index (κ2) is 9.22. The number of nitrogens with one attached hydrogen (secondary N) is 2. The van der Waals surface area contributed by atoms with Crippen LogP contribution in [0.4, 0.5) is 0 Å². The highest BCUT2D eigenvalue weighted by Crippen LogP contribution is 2.24. The maximum Gasteiger partial charge on any atom is 0.251 e. The van der Waals surface area contributed by atoms with Gasteiger partial charge < -0.3 is 19.8 Å². The van der Waals surface area contributed by atoms with Crippen molar-refractivity contribution in [1.82, 2.24) is 15.2 Å². The number of likely N-dealkylation sites (tertiary alicyclic amines) is 1. The molecule has 1 fully saturated rings. The van der Waals surface area contributed by atoms with Crippen LogP contribution >= 0.6 is 0 Å². The topological polar surface area (TPSA) is 66.6 Å². The molecule has 0 bridgehead atoms. The average molecular weight is 408 g/mol. The Labute approximate surface area is 177 Å². The summed E-state index contributed by atoms with van der Waals surface area (Å²) in [6, 6.07) is 13.7. The fourth-order valence-electron chi connectivity index (χ4n) is 4.24. The monoisotopic (exact) mass is 407 g/mol. The lowest BCUT2D eigenvalue weighted by molar-refractivity contribution is 0.0930. The van der Waals surface area contributed by atoms with Gasteiger partial charge in [0.2, 0.25) is 0 Å². The van der Waals surface area contributed by atoms with Gasteiger partial charge in [0.05, 0.1) is 14.2 Å². The largest absolute Gasteiger partial charge is 0.497 e. The van der Waals surface area contributed by atoms with Crippen LogP contribution in [0.1, 0.15) is 28.8 Å². The summed E-state index contributed by atoms with van der Waals surface area (Å²) in [6.07, 6.45) is 4.40. The third-order valence-electron chi connectivity index (χ3n) is 5.84. The van der Waals surface area contributed by atoms with E-state index in [1.807, 2.05) is 0 Å². The number of piperidine rings is 1. The van der Waals surface area contributed by atoms with E-state index < -0.39 is 0 Å². The molecule has 1 amide bonds. The molecule has 1 aliphatic rings. The van der Waals surface area contributed by atoms with E-state index in [9.17, 15) is 4.79 Å². The van der Waals surface area contributed by atoms with E-state index in [1.165, 1.54) is 16.5 Å². The van der Waals surface area contributed by atoms with Gasteiger partial charge in [0.1, 0.15) is 11.5 Å². The van der Waals surface area contributed by atoms with Crippen LogP contribution in [0, 0.1) is 5.92 Å². The fourth-order valence-corrected chi connectivity index (χ4v) is 4.24. The highest BCUT2D eigenvalue weighted by molar-refractivity contribution is 5.95. The maximum absolute atomic E-state index is 12.7. The van der Waals surface area contributed by atoms with Crippen LogP contribution in [-0.4, -0.2) is 49.6 Å². The molecule has 1 unspecified atom stereocenters. The van der Waals surface area contributed by atoms with E-state index in [-0.39, 0.29) is 5.91 Å². The number of methoxy groups -OCH3 is 2. The Morgan fingerprint density at radius 1 is 1.17 bits per heavy atom. The number of nitrogens with zero attached hydrogens (tertiary/aromatic N) is 1. The molecule has 6 nitrogen and oxygen atoms in total. The number of amides is 1. The van der Waals surface area contributed by atoms with Crippen LogP contribution in [0.15, 0.2) is 48.7 Å². The summed E-state index contributed by atoms with van der Waals surface area (Å²) in [5.41, 5.74) is 3.07. The Balaban J connectivity index is 1.34. The Kier molecular flexibility index (Phi) is 6.23. The summed E-state index contributed by atoms with van der Waals surface area (Å²) in [6.45, 7) is 3.68. The van der Waals surface area contributed by atoms with Gasteiger partial charge >= 0.3 is 0 Å². The molecule has 0 spiro atoms. The molecular formula is C24H29N3O3. The van der Waals surface area contributed by atoms with E-state index in [1.54, 1.807) is 32.4 Å². The molecule has 3 aromatic rings. The van der Waals surface area contributed by atoms with Crippen LogP contribution in [0.3, 0.4) is 0 Å². The van der Waals surface area contributed by atoms with Crippen molar-refractivity contribution in [2.75, 3.05) is 33.9 Å². The Bertz CT molecular complexity index is 992. The van der Waals surface area contributed by atoms with E-state index in [4.69, 9.17) is 9.47 Å². The lowest BCUT2D eigenvalue weighted by atomic mass is 9.97. The summed E-state index contributed by atoms with van der Waals surface area (Å²) >= 11 is 0. The third kappa shape index (κ3) is 4.60. The molecule has 0 aliphatic carbocycles. The highest BCUT2D eigenvalue weighted by atomic mass is 16.5. The van der Waals surface area contributed by atoms with Crippen molar-refractivity contribution in [3.8, 4) is 11.5 Å². The first-order chi connectivity index (χ1) is 14.7. The molecule has 6 heteroatoms. The number of ether oxygens (including phenoxy) is 2. The zero-order valence-corrected chi connectivity index (χ0v) is 17.6. The van der Waals surface area contributed by atoms with Crippen molar-refractivity contribution < 1.29 is 14.3 Å². The van der Waals surface area contributed by atoms with Gasteiger partial charge in [-0.15, -0.1) is 0 Å². The van der Waals surface area contributed by atoms with Crippen LogP contribution in [0.2, 0.25) is 0 Å². The van der Waals surface area contributed by atoms with Gasteiger partial charge in [0, 0.05) is 48.4 Å². The first kappa shape index (κ1) is 20.3. The van der Waals surface area contributed by atoms with E-state index >= 15 is 0 Å². The molecule has 158 valence electrons. The maximum atomic E-state index is 12.7. The van der Waals surface area contributed by atoms with E-state index in [0.29, 0.717) is 29.5 Å². The molecule has 4 rings (SSSR count). The van der Waals surface area contributed by atoms with Gasteiger partial charge in [-0.3, -0.25) is 9.69 Å². The minimum Gasteiger partial charge on any atom is -0.497 e. The summed E-state index contributed by atoms with van der Waals surface area (Å²) in [7, 11) is 3.17. The Morgan fingerprint density at radius 2 is 1.93 bits per heavy atom. The minimum atomic E-state index is -0.0963. The smallest absolute Gasteiger partial charge is 0.251 e. The molecular weight excluding hydrogens is 378 g/mol. The quantitative estimate of drug-likeness (QED) is 0.625. The Hall–Kier alpha value is -2.99. The molecule has 2 N–H and O–H groups in total. The molecule has 1 atom stereocenters. The van der Waals surface area contributed by atoms with E-state index in [2.05, 4.69) is 45.7 Å². The van der Waals surface area contributed by atoms with Gasteiger partial charge in [-0.2, -0.15) is 0 Å². The van der Waals surface area contributed by atoms with Crippen molar-refractivity contribution in [3.05, 3.63) is 59.8 Å². The molecule has 2 heterocycles. The van der Waals surface area contributed by atoms with Gasteiger partial charge in [0.15, 0.2) is 0 Å². The molecule has 1 aliphatic heterocycles. The first-order valence-electron chi connectivity index (χ1n) is 10.4. The number of aromatic nitrogens is 1. The predicted molar refractivity (Wildman–Crippen MR) is 118 cm³/mol. The number of benzene rings is 2. The summed E-state index contributed by atoms with van der Waals surface area (Å²) in [4.78, 5) is 18.5. The zero-order valence-electron chi connectivity index (χ0n) is 17.6. The van der Waals surface area contributed by atoms with Gasteiger partial charge in [-0.1, -0.05) is 18.2 Å². The highest BCUT2D eigenvalue weighted by Gasteiger charge is 2.22. The number of carbonyl (C=O) groups is 1. The lowest BCUT2D eigenvalue weighted by Crippen LogP contribution is -2.40. The molecule has 0 saturated carbocycles. The minimum absolute atomic E-state index is 0.0963. The van der Waals surface area contributed by atoms with Crippen molar-refractivity contribution in [1.29, 1.82) is 0 Å². The summed E-state index contributed by atoms with van der Waals surface area (Å²) < 4.78 is 10.5. The van der Waals surface area contributed by atoms with Crippen molar-refractivity contribution in [2.24, 2.45) is 5.92 Å². The molecule has 2 aromatic carbocycles. The predicted octanol–water partition coefficient (Wildman–Crippen LogP) is 3.83. The van der Waals surface area contributed by atoms with Crippen LogP contribution in [0.5, 0.6) is 11.5 Å². The standard InChI is InChI=1S/C24H29N3O3/c1-29-20-10-18(11-21(12-20)30-2)24(28)26-13-17-6-5-9-27(15-17)16-19-14-25-23-8-4-3-7-22(19)23/h3-4,7-8,10-12,14,17,25H,5-6,9,13,15-16H2,1-2H3,(H,26,28). The Morgan fingerprint density at radius 3 is 2.70 bits per heavy atom. The third-order valence-corrected chi connectivity index (χ3v) is 5.84. The number of hydrogen-bond donors (Lipinski definition) is 2. The van der Waals surface area contributed by atoms with Crippen molar-refractivity contribution in [2.45, 2.75) is 19.4 Å². The number of H-pyrrole nitrogens is 1. The normalized spacial score (nSPS) is 17.1. The van der Waals surface area contributed by atoms with Crippen molar-refractivity contribution >= 4 is 16.8 Å². The number of hydrogen-bond acceptors (Lipinski definition) is 4. The molecule has 0 radical (unpaired) electrons. The SMILES string of the molecule is COc1cc(OC)cc(C(=O)NCC2CCCN(Cc3c[nH]c4ccccc34)C2)c1. The molecule has 1 saturated heterocycles.